The van der Waals surface area contributed by atoms with E-state index in [2.05, 4.69) is 0 Å². The fourth-order valence-electron chi connectivity index (χ4n) is 3.42. The molecule has 1 atom stereocenters. The van der Waals surface area contributed by atoms with E-state index < -0.39 is 18.0 Å². The number of ether oxygens (including phenoxy) is 2. The first-order valence-corrected chi connectivity index (χ1v) is 9.43. The summed E-state index contributed by atoms with van der Waals surface area (Å²) in [6.45, 7) is 1.34. The smallest absolute Gasteiger partial charge is 0.344 e. The van der Waals surface area contributed by atoms with Crippen LogP contribution in [0.25, 0.3) is 11.0 Å². The standard InChI is InChI=1S/C21H22N2O6/c1-13(20(25)23(2)10-4-9-22)28-19(24)12-27-14-7-8-16-15-5-3-6-17(15)21(26)29-18(16)11-14/h7-8,11,13H,3-6,10,12H2,1-2H3/t13-/m1/s1. The second-order valence-electron chi connectivity index (χ2n) is 6.95. The number of amides is 1. The molecule has 0 radical (unpaired) electrons. The molecule has 1 aromatic carbocycles. The number of benzene rings is 1. The average Bonchev–Trinajstić information content (AvgIpc) is 3.20. The Kier molecular flexibility index (Phi) is 6.17. The number of hydrogen-bond donors (Lipinski definition) is 0. The van der Waals surface area contributed by atoms with Crippen molar-refractivity contribution in [1.29, 1.82) is 5.26 Å². The first-order valence-electron chi connectivity index (χ1n) is 9.43. The van der Waals surface area contributed by atoms with Crippen LogP contribution in [0.15, 0.2) is 27.4 Å². The molecule has 2 aromatic rings. The molecule has 0 N–H and O–H groups in total. The molecule has 0 bridgehead atoms. The second-order valence-corrected chi connectivity index (χ2v) is 6.95. The van der Waals surface area contributed by atoms with E-state index in [1.165, 1.54) is 11.8 Å². The highest BCUT2D eigenvalue weighted by molar-refractivity contribution is 5.84. The van der Waals surface area contributed by atoms with Gasteiger partial charge in [0.2, 0.25) is 0 Å². The first-order chi connectivity index (χ1) is 13.9. The zero-order valence-electron chi connectivity index (χ0n) is 16.4. The third kappa shape index (κ3) is 4.57. The number of carbonyl (C=O) groups excluding carboxylic acids is 2. The van der Waals surface area contributed by atoms with E-state index in [1.54, 1.807) is 19.2 Å². The molecule has 0 spiro atoms. The van der Waals surface area contributed by atoms with Gasteiger partial charge in [-0.05, 0) is 43.9 Å². The van der Waals surface area contributed by atoms with Gasteiger partial charge in [0, 0.05) is 30.6 Å². The number of nitriles is 1. The lowest BCUT2D eigenvalue weighted by molar-refractivity contribution is -0.160. The van der Waals surface area contributed by atoms with Crippen molar-refractivity contribution in [2.75, 3.05) is 20.2 Å². The van der Waals surface area contributed by atoms with Crippen LogP contribution in [-0.2, 0) is 27.2 Å². The Bertz CT molecular complexity index is 1040. The first kappa shape index (κ1) is 20.4. The summed E-state index contributed by atoms with van der Waals surface area (Å²) in [4.78, 5) is 37.5. The van der Waals surface area contributed by atoms with Gasteiger partial charge in [-0.25, -0.2) is 9.59 Å². The van der Waals surface area contributed by atoms with Crippen molar-refractivity contribution in [3.8, 4) is 11.8 Å². The number of aryl methyl sites for hydroxylation is 1. The Morgan fingerprint density at radius 1 is 1.31 bits per heavy atom. The van der Waals surface area contributed by atoms with E-state index in [0.29, 0.717) is 11.3 Å². The maximum Gasteiger partial charge on any atom is 0.344 e. The number of hydrogen-bond acceptors (Lipinski definition) is 7. The fraction of sp³-hybridized carbons (Fsp3) is 0.429. The van der Waals surface area contributed by atoms with Crippen LogP contribution in [0, 0.1) is 11.3 Å². The summed E-state index contributed by atoms with van der Waals surface area (Å²) in [5.41, 5.74) is 1.86. The zero-order valence-corrected chi connectivity index (χ0v) is 16.4. The van der Waals surface area contributed by atoms with Crippen molar-refractivity contribution >= 4 is 22.8 Å². The highest BCUT2D eigenvalue weighted by atomic mass is 16.6. The lowest BCUT2D eigenvalue weighted by atomic mass is 10.1. The van der Waals surface area contributed by atoms with Gasteiger partial charge in [0.05, 0.1) is 12.5 Å². The van der Waals surface area contributed by atoms with Gasteiger partial charge in [-0.2, -0.15) is 5.26 Å². The molecule has 0 unspecified atom stereocenters. The van der Waals surface area contributed by atoms with Crippen LogP contribution < -0.4 is 10.4 Å². The van der Waals surface area contributed by atoms with Crippen molar-refractivity contribution in [3.63, 3.8) is 0 Å². The molecule has 3 rings (SSSR count). The molecule has 0 fully saturated rings. The van der Waals surface area contributed by atoms with Gasteiger partial charge in [-0.15, -0.1) is 0 Å². The van der Waals surface area contributed by atoms with Gasteiger partial charge in [-0.1, -0.05) is 0 Å². The minimum atomic E-state index is -0.980. The van der Waals surface area contributed by atoms with E-state index >= 15 is 0 Å². The predicted octanol–water partition coefficient (Wildman–Crippen LogP) is 1.96. The van der Waals surface area contributed by atoms with Crippen LogP contribution in [0.2, 0.25) is 0 Å². The Balaban J connectivity index is 1.60. The van der Waals surface area contributed by atoms with Gasteiger partial charge < -0.3 is 18.8 Å². The SMILES string of the molecule is C[C@@H](OC(=O)COc1ccc2c3c(c(=O)oc2c1)CCC3)C(=O)N(C)CCC#N. The van der Waals surface area contributed by atoms with E-state index in [0.717, 1.165) is 35.8 Å². The van der Waals surface area contributed by atoms with E-state index in [-0.39, 0.29) is 25.2 Å². The van der Waals surface area contributed by atoms with Crippen LogP contribution in [0.5, 0.6) is 5.75 Å². The maximum atomic E-state index is 12.1. The molecule has 1 aliphatic rings. The monoisotopic (exact) mass is 398 g/mol. The van der Waals surface area contributed by atoms with Crippen LogP contribution in [-0.4, -0.2) is 43.1 Å². The highest BCUT2D eigenvalue weighted by Crippen LogP contribution is 2.29. The van der Waals surface area contributed by atoms with E-state index in [4.69, 9.17) is 19.2 Å². The number of fused-ring (bicyclic) bond motifs is 3. The van der Waals surface area contributed by atoms with Gasteiger partial charge in [-0.3, -0.25) is 4.79 Å². The molecular weight excluding hydrogens is 376 g/mol. The van der Waals surface area contributed by atoms with Crippen molar-refractivity contribution < 1.29 is 23.5 Å². The Hall–Kier alpha value is -3.34. The summed E-state index contributed by atoms with van der Waals surface area (Å²) in [6.07, 6.45) is 1.74. The topological polar surface area (TPSA) is 110 Å². The quantitative estimate of drug-likeness (QED) is 0.518. The predicted molar refractivity (Wildman–Crippen MR) is 103 cm³/mol. The molecule has 1 aliphatic carbocycles. The number of esters is 1. The minimum Gasteiger partial charge on any atom is -0.482 e. The molecule has 1 aromatic heterocycles. The largest absolute Gasteiger partial charge is 0.482 e. The summed E-state index contributed by atoms with van der Waals surface area (Å²) in [5, 5.41) is 9.45. The third-order valence-electron chi connectivity index (χ3n) is 4.89. The van der Waals surface area contributed by atoms with Crippen LogP contribution >= 0.6 is 0 Å². The van der Waals surface area contributed by atoms with Gasteiger partial charge in [0.15, 0.2) is 12.7 Å². The molecule has 0 saturated carbocycles. The molecule has 152 valence electrons. The highest BCUT2D eigenvalue weighted by Gasteiger charge is 2.22. The second kappa shape index (κ2) is 8.78. The van der Waals surface area contributed by atoms with Crippen molar-refractivity contribution in [2.24, 2.45) is 0 Å². The normalized spacial score (nSPS) is 13.4. The molecule has 1 heterocycles. The van der Waals surface area contributed by atoms with Gasteiger partial charge in [0.25, 0.3) is 5.91 Å². The zero-order chi connectivity index (χ0) is 21.0. The summed E-state index contributed by atoms with van der Waals surface area (Å²) >= 11 is 0. The van der Waals surface area contributed by atoms with Crippen LogP contribution in [0.1, 0.15) is 30.9 Å². The summed E-state index contributed by atoms with van der Waals surface area (Å²) in [6, 6.07) is 7.05. The molecule has 1 amide bonds. The number of rotatable bonds is 7. The van der Waals surface area contributed by atoms with E-state index in [1.807, 2.05) is 12.1 Å². The van der Waals surface area contributed by atoms with Crippen molar-refractivity contribution in [3.05, 3.63) is 39.7 Å². The summed E-state index contributed by atoms with van der Waals surface area (Å²) in [5.74, 6) is -0.731. The molecule has 8 nitrogen and oxygen atoms in total. The number of carbonyl (C=O) groups is 2. The van der Waals surface area contributed by atoms with Crippen LogP contribution in [0.3, 0.4) is 0 Å². The molecule has 0 saturated heterocycles. The van der Waals surface area contributed by atoms with E-state index in [9.17, 15) is 14.4 Å². The molecular formula is C21H22N2O6. The third-order valence-corrected chi connectivity index (χ3v) is 4.89. The Labute approximate surface area is 167 Å². The lowest BCUT2D eigenvalue weighted by Crippen LogP contribution is -2.38. The van der Waals surface area contributed by atoms with Gasteiger partial charge >= 0.3 is 11.6 Å². The number of likely N-dealkylation sites (N-methyl/N-ethyl adjacent to an activating group) is 1. The van der Waals surface area contributed by atoms with Gasteiger partial charge in [0.1, 0.15) is 11.3 Å². The minimum absolute atomic E-state index is 0.202. The Morgan fingerprint density at radius 2 is 2.07 bits per heavy atom. The molecule has 8 heteroatoms. The number of nitrogens with zero attached hydrogens (tertiary/aromatic N) is 2. The van der Waals surface area contributed by atoms with Crippen molar-refractivity contribution in [1.82, 2.24) is 4.90 Å². The summed E-state index contributed by atoms with van der Waals surface area (Å²) in [7, 11) is 1.54. The maximum absolute atomic E-state index is 12.1. The van der Waals surface area contributed by atoms with Crippen molar-refractivity contribution in [2.45, 2.75) is 38.7 Å². The fourth-order valence-corrected chi connectivity index (χ4v) is 3.42. The molecule has 29 heavy (non-hydrogen) atoms. The lowest BCUT2D eigenvalue weighted by Gasteiger charge is -2.20. The molecule has 0 aliphatic heterocycles. The van der Waals surface area contributed by atoms with Crippen LogP contribution in [0.4, 0.5) is 0 Å². The summed E-state index contributed by atoms with van der Waals surface area (Å²) < 4.78 is 15.9. The Morgan fingerprint density at radius 3 is 2.83 bits per heavy atom. The average molecular weight is 398 g/mol.